The summed E-state index contributed by atoms with van der Waals surface area (Å²) in [6, 6.07) is 9.47. The van der Waals surface area contributed by atoms with Crippen molar-refractivity contribution in [2.45, 2.75) is 6.54 Å². The second-order valence-corrected chi connectivity index (χ2v) is 8.14. The molecule has 2 heterocycles. The number of aromatic nitrogens is 2. The summed E-state index contributed by atoms with van der Waals surface area (Å²) in [5.74, 6) is 1.43. The highest BCUT2D eigenvalue weighted by Gasteiger charge is 2.22. The van der Waals surface area contributed by atoms with Crippen LogP contribution in [0.4, 0.5) is 5.69 Å². The molecule has 9 nitrogen and oxygen atoms in total. The SMILES string of the molecule is COc1ccccc1N1CCN(CCn2c(=O)[nH]c3c(Cl)cc(OC)c(OC)c3c2=O)CC1. The van der Waals surface area contributed by atoms with Crippen LogP contribution in [0.5, 0.6) is 17.2 Å². The zero-order valence-electron chi connectivity index (χ0n) is 18.9. The first-order chi connectivity index (χ1) is 16.0. The molecule has 1 saturated heterocycles. The highest BCUT2D eigenvalue weighted by Crippen LogP contribution is 2.36. The van der Waals surface area contributed by atoms with Crippen molar-refractivity contribution in [1.29, 1.82) is 0 Å². The predicted octanol–water partition coefficient (Wildman–Crippen LogP) is 2.19. The van der Waals surface area contributed by atoms with Gasteiger partial charge in [0, 0.05) is 45.3 Å². The smallest absolute Gasteiger partial charge is 0.328 e. The standard InChI is InChI=1S/C23H27ClN4O5/c1-31-17-7-5-4-6-16(17)27-11-8-26(9-12-27)10-13-28-22(29)19-20(25-23(28)30)15(24)14-18(32-2)21(19)33-3/h4-7,14H,8-13H2,1-3H3,(H,25,30). The Balaban J connectivity index is 1.52. The largest absolute Gasteiger partial charge is 0.495 e. The first-order valence-corrected chi connectivity index (χ1v) is 11.0. The molecule has 0 atom stereocenters. The van der Waals surface area contributed by atoms with Gasteiger partial charge in [-0.05, 0) is 12.1 Å². The third-order valence-corrected chi connectivity index (χ3v) is 6.29. The first kappa shape index (κ1) is 23.0. The molecule has 0 amide bonds. The van der Waals surface area contributed by atoms with Crippen LogP contribution in [-0.2, 0) is 6.54 Å². The van der Waals surface area contributed by atoms with Gasteiger partial charge in [0.2, 0.25) is 0 Å². The van der Waals surface area contributed by atoms with E-state index < -0.39 is 11.2 Å². The van der Waals surface area contributed by atoms with E-state index in [4.69, 9.17) is 25.8 Å². The molecule has 0 radical (unpaired) electrons. The minimum Gasteiger partial charge on any atom is -0.495 e. The average Bonchev–Trinajstić information content (AvgIpc) is 2.84. The van der Waals surface area contributed by atoms with Crippen molar-refractivity contribution < 1.29 is 14.2 Å². The van der Waals surface area contributed by atoms with Crippen molar-refractivity contribution in [3.63, 3.8) is 0 Å². The minimum absolute atomic E-state index is 0.197. The Hall–Kier alpha value is -3.17. The van der Waals surface area contributed by atoms with Crippen molar-refractivity contribution in [1.82, 2.24) is 14.5 Å². The molecule has 33 heavy (non-hydrogen) atoms. The molecule has 0 saturated carbocycles. The number of anilines is 1. The van der Waals surface area contributed by atoms with Crippen molar-refractivity contribution >= 4 is 28.2 Å². The van der Waals surface area contributed by atoms with Gasteiger partial charge in [0.25, 0.3) is 5.56 Å². The average molecular weight is 475 g/mol. The lowest BCUT2D eigenvalue weighted by molar-refractivity contribution is 0.245. The van der Waals surface area contributed by atoms with Crippen LogP contribution < -0.4 is 30.4 Å². The molecule has 1 fully saturated rings. The number of nitrogens with one attached hydrogen (secondary N) is 1. The zero-order chi connectivity index (χ0) is 23.5. The van der Waals surface area contributed by atoms with E-state index >= 15 is 0 Å². The van der Waals surface area contributed by atoms with Gasteiger partial charge in [-0.2, -0.15) is 0 Å². The monoisotopic (exact) mass is 474 g/mol. The summed E-state index contributed by atoms with van der Waals surface area (Å²) in [6.45, 7) is 4.07. The van der Waals surface area contributed by atoms with Crippen LogP contribution in [0, 0.1) is 0 Å². The van der Waals surface area contributed by atoms with Crippen molar-refractivity contribution in [2.75, 3.05) is 59.0 Å². The van der Waals surface area contributed by atoms with Crippen molar-refractivity contribution in [3.05, 3.63) is 56.2 Å². The van der Waals surface area contributed by atoms with Gasteiger partial charge >= 0.3 is 5.69 Å². The predicted molar refractivity (Wildman–Crippen MR) is 129 cm³/mol. The molecule has 10 heteroatoms. The van der Waals surface area contributed by atoms with Crippen LogP contribution >= 0.6 is 11.6 Å². The highest BCUT2D eigenvalue weighted by atomic mass is 35.5. The van der Waals surface area contributed by atoms with Gasteiger partial charge in [0.15, 0.2) is 11.5 Å². The number of para-hydroxylation sites is 2. The number of halogens is 1. The number of rotatable bonds is 7. The molecule has 2 aromatic carbocycles. The number of fused-ring (bicyclic) bond motifs is 1. The van der Waals surface area contributed by atoms with Gasteiger partial charge < -0.3 is 24.1 Å². The van der Waals surface area contributed by atoms with Crippen LogP contribution in [0.3, 0.4) is 0 Å². The molecule has 0 unspecified atom stereocenters. The van der Waals surface area contributed by atoms with Crippen LogP contribution in [-0.4, -0.2) is 68.5 Å². The molecule has 4 rings (SSSR count). The minimum atomic E-state index is -0.505. The number of H-pyrrole nitrogens is 1. The maximum Gasteiger partial charge on any atom is 0.328 e. The van der Waals surface area contributed by atoms with E-state index in [0.29, 0.717) is 12.3 Å². The summed E-state index contributed by atoms with van der Waals surface area (Å²) in [4.78, 5) is 33.2. The normalized spacial score (nSPS) is 14.5. The lowest BCUT2D eigenvalue weighted by Crippen LogP contribution is -2.48. The van der Waals surface area contributed by atoms with Gasteiger partial charge in [0.1, 0.15) is 11.1 Å². The number of aromatic amines is 1. The lowest BCUT2D eigenvalue weighted by Gasteiger charge is -2.36. The van der Waals surface area contributed by atoms with Crippen molar-refractivity contribution in [3.8, 4) is 17.2 Å². The molecule has 176 valence electrons. The van der Waals surface area contributed by atoms with Crippen LogP contribution in [0.2, 0.25) is 5.02 Å². The summed E-state index contributed by atoms with van der Waals surface area (Å²) in [5.41, 5.74) is 0.346. The quantitative estimate of drug-likeness (QED) is 0.561. The lowest BCUT2D eigenvalue weighted by atomic mass is 10.2. The van der Waals surface area contributed by atoms with Gasteiger partial charge in [-0.25, -0.2) is 4.79 Å². The topological polar surface area (TPSA) is 89.0 Å². The van der Waals surface area contributed by atoms with Gasteiger partial charge in [-0.1, -0.05) is 23.7 Å². The second kappa shape index (κ2) is 9.76. The van der Waals surface area contributed by atoms with Gasteiger partial charge in [0.05, 0.1) is 37.6 Å². The van der Waals surface area contributed by atoms with E-state index in [1.54, 1.807) is 7.11 Å². The molecule has 1 N–H and O–H groups in total. The van der Waals surface area contributed by atoms with E-state index in [1.165, 1.54) is 24.9 Å². The molecular formula is C23H27ClN4O5. The number of methoxy groups -OCH3 is 3. The molecule has 1 aliphatic heterocycles. The van der Waals surface area contributed by atoms with Crippen LogP contribution in [0.1, 0.15) is 0 Å². The fraction of sp³-hybridized carbons (Fsp3) is 0.391. The maximum atomic E-state index is 13.2. The van der Waals surface area contributed by atoms with E-state index in [0.717, 1.165) is 37.6 Å². The number of hydrogen-bond donors (Lipinski definition) is 1. The highest BCUT2D eigenvalue weighted by molar-refractivity contribution is 6.35. The fourth-order valence-corrected chi connectivity index (χ4v) is 4.48. The molecule has 0 bridgehead atoms. The van der Waals surface area contributed by atoms with Crippen LogP contribution in [0.25, 0.3) is 10.9 Å². The van der Waals surface area contributed by atoms with Crippen molar-refractivity contribution in [2.24, 2.45) is 0 Å². The van der Waals surface area contributed by atoms with E-state index in [1.807, 2.05) is 18.2 Å². The molecule has 3 aromatic rings. The van der Waals surface area contributed by atoms with Gasteiger partial charge in [-0.3, -0.25) is 14.3 Å². The summed E-state index contributed by atoms with van der Waals surface area (Å²) >= 11 is 6.28. The maximum absolute atomic E-state index is 13.2. The molecule has 1 aromatic heterocycles. The Bertz CT molecular complexity index is 1260. The Morgan fingerprint density at radius 3 is 2.30 bits per heavy atom. The first-order valence-electron chi connectivity index (χ1n) is 10.7. The zero-order valence-corrected chi connectivity index (χ0v) is 19.6. The number of nitrogens with zero attached hydrogens (tertiary/aromatic N) is 3. The van der Waals surface area contributed by atoms with E-state index in [9.17, 15) is 9.59 Å². The third kappa shape index (κ3) is 4.38. The molecular weight excluding hydrogens is 448 g/mol. The van der Waals surface area contributed by atoms with Gasteiger partial charge in [-0.15, -0.1) is 0 Å². The Morgan fingerprint density at radius 2 is 1.64 bits per heavy atom. The van der Waals surface area contributed by atoms with E-state index in [2.05, 4.69) is 20.9 Å². The molecule has 0 spiro atoms. The summed E-state index contributed by atoms with van der Waals surface area (Å²) in [5, 5.41) is 0.416. The Labute approximate surface area is 196 Å². The number of piperazine rings is 1. The number of ether oxygens (including phenoxy) is 3. The fourth-order valence-electron chi connectivity index (χ4n) is 4.24. The number of hydrogen-bond acceptors (Lipinski definition) is 7. The number of benzene rings is 2. The molecule has 0 aliphatic carbocycles. The summed E-state index contributed by atoms with van der Waals surface area (Å²) in [7, 11) is 4.59. The van der Waals surface area contributed by atoms with E-state index in [-0.39, 0.29) is 28.2 Å². The second-order valence-electron chi connectivity index (χ2n) is 7.73. The summed E-state index contributed by atoms with van der Waals surface area (Å²) in [6.07, 6.45) is 0. The van der Waals surface area contributed by atoms with Crippen LogP contribution in [0.15, 0.2) is 39.9 Å². The molecule has 1 aliphatic rings. The summed E-state index contributed by atoms with van der Waals surface area (Å²) < 4.78 is 17.4. The Morgan fingerprint density at radius 1 is 0.939 bits per heavy atom. The third-order valence-electron chi connectivity index (χ3n) is 6.00. The Kier molecular flexibility index (Phi) is 6.80.